The number of benzene rings is 4. The summed E-state index contributed by atoms with van der Waals surface area (Å²) in [5, 5.41) is 0.311. The minimum Gasteiger partial charge on any atom is -0.289 e. The molecule has 0 fully saturated rings. The first-order valence-corrected chi connectivity index (χ1v) is 11.4. The summed E-state index contributed by atoms with van der Waals surface area (Å²) < 4.78 is 0. The zero-order valence-electron chi connectivity index (χ0n) is 18.1. The molecular weight excluding hydrogens is 463 g/mol. The van der Waals surface area contributed by atoms with Gasteiger partial charge in [-0.2, -0.15) is 0 Å². The Kier molecular flexibility index (Phi) is 7.54. The number of Topliss-reactive ketones (excluding diaryl/α,β-unsaturated/α-hetero) is 2. The smallest absolute Gasteiger partial charge is 0.195 e. The molecule has 4 rings (SSSR count). The second-order valence-corrected chi connectivity index (χ2v) is 8.26. The maximum absolute atomic E-state index is 13.9. The van der Waals surface area contributed by atoms with Crippen molar-refractivity contribution in [3.8, 4) is 0 Å². The molecule has 0 aliphatic heterocycles. The average molecular weight is 483 g/mol. The maximum Gasteiger partial charge on any atom is 0.195 e. The number of allylic oxidation sites excluding steroid dienone is 2. The number of hydrogen-bond donors (Lipinski definition) is 0. The van der Waals surface area contributed by atoms with E-state index in [-0.39, 0.29) is 32.8 Å². The zero-order valence-corrected chi connectivity index (χ0v) is 19.6. The van der Waals surface area contributed by atoms with E-state index >= 15 is 0 Å². The molecule has 0 amide bonds. The molecule has 0 aromatic heterocycles. The van der Waals surface area contributed by atoms with Gasteiger partial charge in [0.2, 0.25) is 0 Å². The van der Waals surface area contributed by atoms with Gasteiger partial charge in [0.1, 0.15) is 0 Å². The number of hydrogen-bond acceptors (Lipinski definition) is 2. The normalized spacial score (nSPS) is 12.4. The predicted molar refractivity (Wildman–Crippen MR) is 140 cm³/mol. The summed E-state index contributed by atoms with van der Waals surface area (Å²) >= 11 is 13.8. The second kappa shape index (κ2) is 10.9. The van der Waals surface area contributed by atoms with E-state index < -0.39 is 0 Å². The Morgan fingerprint density at radius 3 is 0.882 bits per heavy atom. The highest BCUT2D eigenvalue weighted by Gasteiger charge is 2.29. The van der Waals surface area contributed by atoms with Gasteiger partial charge in [0.05, 0.1) is 21.2 Å². The number of ketones is 2. The van der Waals surface area contributed by atoms with Crippen LogP contribution in [0, 0.1) is 0 Å². The fourth-order valence-electron chi connectivity index (χ4n) is 3.57. The highest BCUT2D eigenvalue weighted by Crippen LogP contribution is 2.37. The number of rotatable bonds is 7. The molecule has 4 aromatic rings. The molecule has 166 valence electrons. The van der Waals surface area contributed by atoms with E-state index in [9.17, 15) is 9.59 Å². The summed E-state index contributed by atoms with van der Waals surface area (Å²) in [5.41, 5.74) is 2.15. The number of halogens is 2. The molecule has 0 aliphatic rings. The van der Waals surface area contributed by atoms with Crippen molar-refractivity contribution in [1.29, 1.82) is 0 Å². The third kappa shape index (κ3) is 5.09. The van der Waals surface area contributed by atoms with Crippen LogP contribution in [0.25, 0.3) is 10.1 Å². The van der Waals surface area contributed by atoms with Crippen LogP contribution in [0.4, 0.5) is 0 Å². The van der Waals surface area contributed by atoms with Gasteiger partial charge in [0, 0.05) is 11.1 Å². The minimum atomic E-state index is -0.386. The van der Waals surface area contributed by atoms with Gasteiger partial charge >= 0.3 is 0 Å². The van der Waals surface area contributed by atoms with Gasteiger partial charge in [-0.25, -0.2) is 0 Å². The molecule has 34 heavy (non-hydrogen) atoms. The fourth-order valence-corrected chi connectivity index (χ4v) is 4.18. The Labute approximate surface area is 208 Å². The van der Waals surface area contributed by atoms with Crippen LogP contribution in [0.1, 0.15) is 31.8 Å². The van der Waals surface area contributed by atoms with Crippen molar-refractivity contribution in [3.63, 3.8) is 0 Å². The summed E-state index contributed by atoms with van der Waals surface area (Å²) in [5.74, 6) is -0.773. The highest BCUT2D eigenvalue weighted by atomic mass is 35.5. The molecule has 0 atom stereocenters. The summed E-state index contributed by atoms with van der Waals surface area (Å²) in [4.78, 5) is 27.8. The van der Waals surface area contributed by atoms with Crippen LogP contribution in [0.2, 0.25) is 0 Å². The molecule has 0 spiro atoms. The van der Waals surface area contributed by atoms with E-state index in [0.29, 0.717) is 22.3 Å². The maximum atomic E-state index is 13.9. The van der Waals surface area contributed by atoms with Crippen molar-refractivity contribution in [1.82, 2.24) is 0 Å². The molecule has 4 heteroatoms. The minimum absolute atomic E-state index is 0.0572. The van der Waals surface area contributed by atoms with Crippen molar-refractivity contribution < 1.29 is 9.59 Å². The summed E-state index contributed by atoms with van der Waals surface area (Å²) in [7, 11) is 0. The molecule has 0 bridgehead atoms. The number of carbonyl (C=O) groups is 2. The first-order chi connectivity index (χ1) is 16.6. The highest BCUT2D eigenvalue weighted by molar-refractivity contribution is 6.57. The SMILES string of the molecule is O=C(C(C(C(=O)c1ccccc1)=C(Cl)c1ccccc1)=C(Cl)c1ccccc1)c1ccccc1. The lowest BCUT2D eigenvalue weighted by atomic mass is 9.88. The Balaban J connectivity index is 2.05. The van der Waals surface area contributed by atoms with Crippen LogP contribution < -0.4 is 0 Å². The van der Waals surface area contributed by atoms with Gasteiger partial charge in [0.15, 0.2) is 11.6 Å². The lowest BCUT2D eigenvalue weighted by molar-refractivity contribution is 0.0998. The summed E-state index contributed by atoms with van der Waals surface area (Å²) in [6, 6.07) is 35.7. The van der Waals surface area contributed by atoms with Gasteiger partial charge in [0.25, 0.3) is 0 Å². The van der Waals surface area contributed by atoms with E-state index in [1.165, 1.54) is 0 Å². The summed E-state index contributed by atoms with van der Waals surface area (Å²) in [6.45, 7) is 0. The molecule has 2 nitrogen and oxygen atoms in total. The predicted octanol–water partition coefficient (Wildman–Crippen LogP) is 8.05. The van der Waals surface area contributed by atoms with Gasteiger partial charge < -0.3 is 0 Å². The van der Waals surface area contributed by atoms with Crippen LogP contribution in [-0.4, -0.2) is 11.6 Å². The standard InChI is InChI=1S/C30H20Cl2O2/c31-27(21-13-5-1-6-14-21)25(29(33)23-17-9-3-10-18-23)26(28(32)22-15-7-2-8-16-22)30(34)24-19-11-4-12-20-24/h1-20H. The van der Waals surface area contributed by atoms with E-state index in [1.807, 2.05) is 48.5 Å². The Morgan fingerprint density at radius 2 is 0.618 bits per heavy atom. The Hall–Kier alpha value is -3.72. The third-order valence-corrected chi connectivity index (χ3v) is 6.08. The second-order valence-electron chi connectivity index (χ2n) is 7.50. The molecule has 0 radical (unpaired) electrons. The average Bonchev–Trinajstić information content (AvgIpc) is 2.92. The zero-order chi connectivity index (χ0) is 23.9. The van der Waals surface area contributed by atoms with Crippen LogP contribution in [-0.2, 0) is 0 Å². The lowest BCUT2D eigenvalue weighted by Crippen LogP contribution is -2.16. The van der Waals surface area contributed by atoms with Crippen molar-refractivity contribution in [2.24, 2.45) is 0 Å². The molecule has 4 aromatic carbocycles. The molecule has 0 saturated heterocycles. The van der Waals surface area contributed by atoms with Crippen LogP contribution >= 0.6 is 23.2 Å². The van der Waals surface area contributed by atoms with Crippen LogP contribution in [0.5, 0.6) is 0 Å². The molecule has 0 heterocycles. The van der Waals surface area contributed by atoms with E-state index in [2.05, 4.69) is 0 Å². The van der Waals surface area contributed by atoms with E-state index in [1.54, 1.807) is 72.8 Å². The van der Waals surface area contributed by atoms with Crippen molar-refractivity contribution in [2.45, 2.75) is 0 Å². The molecular formula is C30H20Cl2O2. The largest absolute Gasteiger partial charge is 0.289 e. The van der Waals surface area contributed by atoms with Crippen LogP contribution in [0.15, 0.2) is 132 Å². The molecule has 0 N–H and O–H groups in total. The molecule has 0 saturated carbocycles. The van der Waals surface area contributed by atoms with Crippen molar-refractivity contribution >= 4 is 44.8 Å². The Morgan fingerprint density at radius 1 is 0.382 bits per heavy atom. The fraction of sp³-hybridized carbons (Fsp3) is 0. The van der Waals surface area contributed by atoms with Gasteiger partial charge in [-0.15, -0.1) is 0 Å². The quantitative estimate of drug-likeness (QED) is 0.151. The van der Waals surface area contributed by atoms with Gasteiger partial charge in [-0.1, -0.05) is 145 Å². The first kappa shape index (κ1) is 23.4. The third-order valence-electron chi connectivity index (χ3n) is 5.27. The van der Waals surface area contributed by atoms with E-state index in [0.717, 1.165) is 0 Å². The summed E-state index contributed by atoms with van der Waals surface area (Å²) in [6.07, 6.45) is 0. The molecule has 0 unspecified atom stereocenters. The topological polar surface area (TPSA) is 34.1 Å². The van der Waals surface area contributed by atoms with Crippen LogP contribution in [0.3, 0.4) is 0 Å². The van der Waals surface area contributed by atoms with Crippen molar-refractivity contribution in [2.75, 3.05) is 0 Å². The van der Waals surface area contributed by atoms with Crippen molar-refractivity contribution in [3.05, 3.63) is 155 Å². The molecule has 0 aliphatic carbocycles. The van der Waals surface area contributed by atoms with Gasteiger partial charge in [-0.05, 0) is 11.1 Å². The monoisotopic (exact) mass is 482 g/mol. The van der Waals surface area contributed by atoms with Gasteiger partial charge in [-0.3, -0.25) is 9.59 Å². The number of carbonyl (C=O) groups excluding carboxylic acids is 2. The Bertz CT molecular complexity index is 1250. The lowest BCUT2D eigenvalue weighted by Gasteiger charge is -2.17. The first-order valence-electron chi connectivity index (χ1n) is 10.7. The van der Waals surface area contributed by atoms with E-state index in [4.69, 9.17) is 23.2 Å².